The first-order chi connectivity index (χ1) is 11.0. The van der Waals surface area contributed by atoms with E-state index >= 15 is 0 Å². The largest absolute Gasteiger partial charge is 0.367 e. The van der Waals surface area contributed by atoms with Gasteiger partial charge in [-0.2, -0.15) is 0 Å². The molecule has 6 heteroatoms. The third kappa shape index (κ3) is 3.84. The Kier molecular flexibility index (Phi) is 5.19. The van der Waals surface area contributed by atoms with Crippen LogP contribution in [0.2, 0.25) is 5.02 Å². The van der Waals surface area contributed by atoms with Gasteiger partial charge in [0.1, 0.15) is 11.6 Å². The van der Waals surface area contributed by atoms with Gasteiger partial charge < -0.3 is 11.1 Å². The summed E-state index contributed by atoms with van der Waals surface area (Å²) < 4.78 is 14.8. The highest BCUT2D eigenvalue weighted by atomic mass is 79.9. The van der Waals surface area contributed by atoms with Crippen molar-refractivity contribution >= 4 is 33.3 Å². The quantitative estimate of drug-likeness (QED) is 0.766. The van der Waals surface area contributed by atoms with Crippen molar-refractivity contribution in [3.8, 4) is 11.1 Å². The number of aromatic nitrogens is 1. The van der Waals surface area contributed by atoms with Crippen molar-refractivity contribution in [2.75, 3.05) is 5.32 Å². The van der Waals surface area contributed by atoms with Gasteiger partial charge in [-0.05, 0) is 53.7 Å². The van der Waals surface area contributed by atoms with Crippen LogP contribution in [0.5, 0.6) is 0 Å². The Bertz CT molecular complexity index is 702. The van der Waals surface area contributed by atoms with Gasteiger partial charge in [-0.25, -0.2) is 9.37 Å². The van der Waals surface area contributed by atoms with Crippen molar-refractivity contribution in [1.29, 1.82) is 0 Å². The fourth-order valence-corrected chi connectivity index (χ4v) is 3.48. The highest BCUT2D eigenvalue weighted by Gasteiger charge is 2.19. The molecule has 0 radical (unpaired) electrons. The Balaban J connectivity index is 1.86. The molecule has 1 aliphatic carbocycles. The van der Waals surface area contributed by atoms with Gasteiger partial charge in [0.05, 0.1) is 9.50 Å². The first-order valence-electron chi connectivity index (χ1n) is 7.66. The molecule has 2 aromatic rings. The van der Waals surface area contributed by atoms with E-state index in [0.717, 1.165) is 25.7 Å². The maximum atomic E-state index is 14.3. The van der Waals surface area contributed by atoms with Crippen LogP contribution in [0.1, 0.15) is 25.7 Å². The fourth-order valence-electron chi connectivity index (χ4n) is 2.91. The Morgan fingerprint density at radius 3 is 2.70 bits per heavy atom. The van der Waals surface area contributed by atoms with Crippen LogP contribution >= 0.6 is 27.5 Å². The molecule has 0 saturated heterocycles. The summed E-state index contributed by atoms with van der Waals surface area (Å²) in [5.74, 6) is 0.388. The zero-order valence-corrected chi connectivity index (χ0v) is 14.9. The molecule has 0 atom stereocenters. The molecular weight excluding hydrogens is 381 g/mol. The molecule has 0 unspecified atom stereocenters. The molecule has 0 bridgehead atoms. The van der Waals surface area contributed by atoms with Crippen LogP contribution in [0, 0.1) is 5.82 Å². The average molecular weight is 399 g/mol. The van der Waals surface area contributed by atoms with E-state index in [1.807, 2.05) is 6.07 Å². The normalized spacial score (nSPS) is 21.2. The minimum absolute atomic E-state index is 0.303. The number of anilines is 1. The van der Waals surface area contributed by atoms with Gasteiger partial charge in [0.15, 0.2) is 0 Å². The van der Waals surface area contributed by atoms with Gasteiger partial charge in [0.25, 0.3) is 0 Å². The van der Waals surface area contributed by atoms with Crippen molar-refractivity contribution in [3.63, 3.8) is 0 Å². The summed E-state index contributed by atoms with van der Waals surface area (Å²) in [6.07, 6.45) is 5.63. The number of rotatable bonds is 3. The van der Waals surface area contributed by atoms with Gasteiger partial charge in [-0.15, -0.1) is 0 Å². The number of hydrogen-bond acceptors (Lipinski definition) is 3. The molecule has 3 N–H and O–H groups in total. The van der Waals surface area contributed by atoms with E-state index in [9.17, 15) is 4.39 Å². The van der Waals surface area contributed by atoms with E-state index in [-0.39, 0.29) is 5.82 Å². The summed E-state index contributed by atoms with van der Waals surface area (Å²) in [5, 5.41) is 3.84. The zero-order valence-electron chi connectivity index (χ0n) is 12.5. The fraction of sp³-hybridized carbons (Fsp3) is 0.353. The number of nitrogens with two attached hydrogens (primary N) is 1. The van der Waals surface area contributed by atoms with E-state index < -0.39 is 0 Å². The topological polar surface area (TPSA) is 50.9 Å². The van der Waals surface area contributed by atoms with E-state index in [1.165, 1.54) is 0 Å². The number of pyridine rings is 1. The molecule has 23 heavy (non-hydrogen) atoms. The highest BCUT2D eigenvalue weighted by Crippen LogP contribution is 2.34. The van der Waals surface area contributed by atoms with Crippen LogP contribution in [0.15, 0.2) is 34.9 Å². The summed E-state index contributed by atoms with van der Waals surface area (Å²) in [7, 11) is 0. The Hall–Kier alpha value is -1.17. The predicted molar refractivity (Wildman–Crippen MR) is 96.2 cm³/mol. The molecule has 1 fully saturated rings. The summed E-state index contributed by atoms with van der Waals surface area (Å²) in [6, 6.07) is 7.63. The van der Waals surface area contributed by atoms with Crippen molar-refractivity contribution in [3.05, 3.63) is 45.8 Å². The molecule has 3 nitrogen and oxygen atoms in total. The third-order valence-corrected chi connectivity index (χ3v) is 5.13. The molecule has 0 aliphatic heterocycles. The molecule has 1 aromatic carbocycles. The molecule has 1 heterocycles. The van der Waals surface area contributed by atoms with Crippen LogP contribution in [-0.4, -0.2) is 17.1 Å². The van der Waals surface area contributed by atoms with Crippen molar-refractivity contribution in [1.82, 2.24) is 4.98 Å². The van der Waals surface area contributed by atoms with Gasteiger partial charge in [0.2, 0.25) is 0 Å². The minimum Gasteiger partial charge on any atom is -0.367 e. The first-order valence-corrected chi connectivity index (χ1v) is 8.83. The van der Waals surface area contributed by atoms with Gasteiger partial charge in [-0.3, -0.25) is 0 Å². The van der Waals surface area contributed by atoms with E-state index in [4.69, 9.17) is 17.3 Å². The summed E-state index contributed by atoms with van der Waals surface area (Å²) in [5.41, 5.74) is 7.03. The molecule has 1 aliphatic rings. The minimum atomic E-state index is -0.324. The molecule has 0 spiro atoms. The number of nitrogens with one attached hydrogen (secondary N) is 1. The van der Waals surface area contributed by atoms with Crippen LogP contribution in [0.3, 0.4) is 0 Å². The predicted octanol–water partition coefficient (Wildman–Crippen LogP) is 4.99. The van der Waals surface area contributed by atoms with Gasteiger partial charge >= 0.3 is 0 Å². The van der Waals surface area contributed by atoms with Crippen LogP contribution in [0.4, 0.5) is 10.2 Å². The second kappa shape index (κ2) is 7.16. The number of nitrogens with zero attached hydrogens (tertiary/aromatic N) is 1. The molecule has 1 saturated carbocycles. The van der Waals surface area contributed by atoms with Crippen LogP contribution in [0.25, 0.3) is 11.1 Å². The summed E-state index contributed by atoms with van der Waals surface area (Å²) >= 11 is 9.44. The van der Waals surface area contributed by atoms with E-state index in [0.29, 0.717) is 38.5 Å². The number of hydrogen-bond donors (Lipinski definition) is 2. The van der Waals surface area contributed by atoms with Gasteiger partial charge in [-0.1, -0.05) is 23.7 Å². The SMILES string of the molecule is NC1CCC(Nc2cc(-c3cccc(Br)c3F)c(Cl)cn2)CC1. The lowest BCUT2D eigenvalue weighted by Gasteiger charge is -2.27. The van der Waals surface area contributed by atoms with E-state index in [2.05, 4.69) is 26.2 Å². The average Bonchev–Trinajstić information content (AvgIpc) is 2.54. The third-order valence-electron chi connectivity index (χ3n) is 4.22. The molecule has 122 valence electrons. The lowest BCUT2D eigenvalue weighted by molar-refractivity contribution is 0.410. The standard InChI is InChI=1S/C17H18BrClFN3/c18-14-3-1-2-12(17(14)20)13-8-16(22-9-15(13)19)23-11-6-4-10(21)5-7-11/h1-3,8-11H,4-7,21H2,(H,22,23). The number of halogens is 3. The van der Waals surface area contributed by atoms with Crippen molar-refractivity contribution < 1.29 is 4.39 Å². The Morgan fingerprint density at radius 1 is 1.22 bits per heavy atom. The molecule has 3 rings (SSSR count). The maximum absolute atomic E-state index is 14.3. The lowest BCUT2D eigenvalue weighted by atomic mass is 9.92. The summed E-state index contributed by atoms with van der Waals surface area (Å²) in [4.78, 5) is 4.32. The van der Waals surface area contributed by atoms with Crippen LogP contribution < -0.4 is 11.1 Å². The Labute approximate surface area is 148 Å². The highest BCUT2D eigenvalue weighted by molar-refractivity contribution is 9.10. The van der Waals surface area contributed by atoms with Gasteiger partial charge in [0, 0.05) is 29.4 Å². The monoisotopic (exact) mass is 397 g/mol. The second-order valence-electron chi connectivity index (χ2n) is 5.91. The van der Waals surface area contributed by atoms with Crippen molar-refractivity contribution in [2.24, 2.45) is 5.73 Å². The lowest BCUT2D eigenvalue weighted by Crippen LogP contribution is -2.33. The number of benzene rings is 1. The molecular formula is C17H18BrClFN3. The first kappa shape index (κ1) is 16.7. The summed E-state index contributed by atoms with van der Waals surface area (Å²) in [6.45, 7) is 0. The van der Waals surface area contributed by atoms with Crippen LogP contribution in [-0.2, 0) is 0 Å². The molecule has 1 aromatic heterocycles. The molecule has 0 amide bonds. The second-order valence-corrected chi connectivity index (χ2v) is 7.17. The van der Waals surface area contributed by atoms with E-state index in [1.54, 1.807) is 24.4 Å². The van der Waals surface area contributed by atoms with Crippen molar-refractivity contribution in [2.45, 2.75) is 37.8 Å². The Morgan fingerprint density at radius 2 is 1.96 bits per heavy atom. The zero-order chi connectivity index (χ0) is 16.4. The maximum Gasteiger partial charge on any atom is 0.145 e. The smallest absolute Gasteiger partial charge is 0.145 e.